The first-order valence-electron chi connectivity index (χ1n) is 8.87. The lowest BCUT2D eigenvalue weighted by molar-refractivity contribution is -0.137. The van der Waals surface area contributed by atoms with Crippen molar-refractivity contribution in [2.45, 2.75) is 10.6 Å². The van der Waals surface area contributed by atoms with E-state index in [9.17, 15) is 13.2 Å². The van der Waals surface area contributed by atoms with E-state index in [1.165, 1.54) is 26.0 Å². The summed E-state index contributed by atoms with van der Waals surface area (Å²) < 4.78 is 38.6. The lowest BCUT2D eigenvalue weighted by Gasteiger charge is -2.16. The van der Waals surface area contributed by atoms with E-state index < -0.39 is 10.0 Å². The fourth-order valence-electron chi connectivity index (χ4n) is 2.92. The van der Waals surface area contributed by atoms with Crippen LogP contribution in [0.1, 0.15) is 5.56 Å². The number of hydrogen-bond donors (Lipinski definition) is 1. The van der Waals surface area contributed by atoms with Crippen LogP contribution in [0, 0.1) is 0 Å². The second-order valence-corrected chi connectivity index (χ2v) is 9.53. The molecule has 0 aliphatic rings. The average molecular weight is 466 g/mol. The molecule has 0 aliphatic heterocycles. The maximum Gasteiger partial charge on any atom is 0.315 e. The lowest BCUT2D eigenvalue weighted by atomic mass is 10.1. The summed E-state index contributed by atoms with van der Waals surface area (Å²) in [6, 6.07) is 15.6. The third-order valence-corrected chi connectivity index (χ3v) is 6.76. The molecule has 0 aliphatic carbocycles. The number of hydrogen-bond acceptors (Lipinski definition) is 6. The second-order valence-electron chi connectivity index (χ2n) is 6.35. The zero-order valence-electron chi connectivity index (χ0n) is 16.3. The Kier molecular flexibility index (Phi) is 7.12. The van der Waals surface area contributed by atoms with E-state index in [0.29, 0.717) is 32.3 Å². The third kappa shape index (κ3) is 5.38. The van der Waals surface area contributed by atoms with Gasteiger partial charge in [-0.25, -0.2) is 8.42 Å². The van der Waals surface area contributed by atoms with Crippen LogP contribution >= 0.6 is 23.4 Å². The van der Waals surface area contributed by atoms with Gasteiger partial charge < -0.3 is 9.47 Å². The number of esters is 1. The van der Waals surface area contributed by atoms with E-state index in [2.05, 4.69) is 4.72 Å². The van der Waals surface area contributed by atoms with Crippen molar-refractivity contribution in [2.75, 3.05) is 24.7 Å². The second kappa shape index (κ2) is 9.59. The van der Waals surface area contributed by atoms with E-state index in [1.54, 1.807) is 30.3 Å². The highest BCUT2D eigenvalue weighted by Gasteiger charge is 2.19. The molecule has 0 fully saturated rings. The van der Waals surface area contributed by atoms with Gasteiger partial charge in [-0.3, -0.25) is 9.52 Å². The number of nitrogens with one attached hydrogen (secondary N) is 1. The number of fused-ring (bicyclic) bond motifs is 1. The molecular formula is C21H20ClNO5S2. The first kappa shape index (κ1) is 22.3. The Morgan fingerprint density at radius 3 is 2.37 bits per heavy atom. The highest BCUT2D eigenvalue weighted by Crippen LogP contribution is 2.41. The van der Waals surface area contributed by atoms with Crippen LogP contribution in [0.4, 0.5) is 5.69 Å². The number of ether oxygens (including phenoxy) is 2. The van der Waals surface area contributed by atoms with Crippen LogP contribution in [-0.4, -0.2) is 34.4 Å². The number of carbonyl (C=O) groups excluding carboxylic acids is 1. The van der Waals surface area contributed by atoms with Crippen molar-refractivity contribution < 1.29 is 22.7 Å². The molecule has 6 nitrogen and oxygen atoms in total. The number of carbonyl (C=O) groups is 1. The Morgan fingerprint density at radius 1 is 1.07 bits per heavy atom. The summed E-state index contributed by atoms with van der Waals surface area (Å²) in [4.78, 5) is 12.2. The Morgan fingerprint density at radius 2 is 1.73 bits per heavy atom. The summed E-state index contributed by atoms with van der Waals surface area (Å²) in [5.74, 6) is 0.0531. The molecule has 0 spiro atoms. The number of benzene rings is 3. The molecule has 0 saturated heterocycles. The predicted octanol–water partition coefficient (Wildman–Crippen LogP) is 4.71. The van der Waals surface area contributed by atoms with Crippen LogP contribution < -0.4 is 9.46 Å². The molecule has 0 bridgehead atoms. The van der Waals surface area contributed by atoms with Gasteiger partial charge in [-0.2, -0.15) is 0 Å². The largest absolute Gasteiger partial charge is 0.495 e. The van der Waals surface area contributed by atoms with Crippen molar-refractivity contribution in [2.24, 2.45) is 0 Å². The highest BCUT2D eigenvalue weighted by atomic mass is 35.5. The highest BCUT2D eigenvalue weighted by molar-refractivity contribution is 8.00. The molecule has 3 aromatic carbocycles. The normalized spacial score (nSPS) is 11.3. The molecular weight excluding hydrogens is 446 g/mol. The third-order valence-electron chi connectivity index (χ3n) is 4.27. The van der Waals surface area contributed by atoms with Crippen molar-refractivity contribution in [1.29, 1.82) is 0 Å². The minimum Gasteiger partial charge on any atom is -0.495 e. The van der Waals surface area contributed by atoms with Gasteiger partial charge in [0.15, 0.2) is 0 Å². The molecule has 0 saturated carbocycles. The van der Waals surface area contributed by atoms with Gasteiger partial charge in [0.05, 0.1) is 36.3 Å². The summed E-state index contributed by atoms with van der Waals surface area (Å²) in [6.07, 6.45) is 0. The number of thioether (sulfide) groups is 1. The molecule has 0 radical (unpaired) electrons. The molecule has 3 aromatic rings. The molecule has 158 valence electrons. The Hall–Kier alpha value is -2.42. The molecule has 30 heavy (non-hydrogen) atoms. The van der Waals surface area contributed by atoms with E-state index in [-0.39, 0.29) is 17.5 Å². The number of methoxy groups -OCH3 is 2. The van der Waals surface area contributed by atoms with Gasteiger partial charge in [-0.05, 0) is 23.8 Å². The van der Waals surface area contributed by atoms with Gasteiger partial charge in [0.25, 0.3) is 0 Å². The zero-order chi connectivity index (χ0) is 21.7. The zero-order valence-corrected chi connectivity index (χ0v) is 18.7. The quantitative estimate of drug-likeness (QED) is 0.383. The molecule has 0 amide bonds. The Bertz CT molecular complexity index is 1160. The van der Waals surface area contributed by atoms with Gasteiger partial charge in [-0.1, -0.05) is 48.0 Å². The van der Waals surface area contributed by atoms with Crippen molar-refractivity contribution in [1.82, 2.24) is 0 Å². The number of halogens is 1. The van der Waals surface area contributed by atoms with Gasteiger partial charge in [0.1, 0.15) is 5.75 Å². The van der Waals surface area contributed by atoms with Crippen LogP contribution in [0.25, 0.3) is 10.8 Å². The van der Waals surface area contributed by atoms with Crippen molar-refractivity contribution in [3.05, 3.63) is 65.2 Å². The van der Waals surface area contributed by atoms with Crippen LogP contribution in [0.2, 0.25) is 5.02 Å². The average Bonchev–Trinajstić information content (AvgIpc) is 2.73. The van der Waals surface area contributed by atoms with E-state index in [0.717, 1.165) is 5.39 Å². The fourth-order valence-corrected chi connectivity index (χ4v) is 5.17. The van der Waals surface area contributed by atoms with E-state index >= 15 is 0 Å². The summed E-state index contributed by atoms with van der Waals surface area (Å²) in [7, 11) is -0.847. The van der Waals surface area contributed by atoms with Crippen molar-refractivity contribution in [3.63, 3.8) is 0 Å². The van der Waals surface area contributed by atoms with Crippen molar-refractivity contribution in [3.8, 4) is 5.75 Å². The summed E-state index contributed by atoms with van der Waals surface area (Å²) >= 11 is 7.09. The predicted molar refractivity (Wildman–Crippen MR) is 121 cm³/mol. The molecule has 1 N–H and O–H groups in total. The van der Waals surface area contributed by atoms with Crippen molar-refractivity contribution >= 4 is 55.8 Å². The van der Waals surface area contributed by atoms with Crippen LogP contribution in [-0.2, 0) is 25.3 Å². The monoisotopic (exact) mass is 465 g/mol. The topological polar surface area (TPSA) is 81.7 Å². The number of sulfonamides is 1. The SMILES string of the molecule is COC(=O)CSc1cc(NS(=O)(=O)Cc2ccc(Cl)cc2)c2ccccc2c1OC. The van der Waals surface area contributed by atoms with Crippen LogP contribution in [0.15, 0.2) is 59.5 Å². The first-order valence-corrected chi connectivity index (χ1v) is 11.9. The first-order chi connectivity index (χ1) is 14.3. The summed E-state index contributed by atoms with van der Waals surface area (Å²) in [6.45, 7) is 0. The van der Waals surface area contributed by atoms with Gasteiger partial charge >= 0.3 is 5.97 Å². The van der Waals surface area contributed by atoms with E-state index in [4.69, 9.17) is 21.1 Å². The van der Waals surface area contributed by atoms with Crippen LogP contribution in [0.5, 0.6) is 5.75 Å². The molecule has 0 atom stereocenters. The minimum absolute atomic E-state index is 0.0716. The fraction of sp³-hybridized carbons (Fsp3) is 0.190. The Labute approximate surface area is 184 Å². The lowest BCUT2D eigenvalue weighted by Crippen LogP contribution is -2.15. The van der Waals surface area contributed by atoms with Gasteiger partial charge in [0, 0.05) is 15.8 Å². The number of rotatable bonds is 8. The smallest absolute Gasteiger partial charge is 0.315 e. The molecule has 0 unspecified atom stereocenters. The molecule has 0 aromatic heterocycles. The molecule has 9 heteroatoms. The molecule has 0 heterocycles. The summed E-state index contributed by atoms with van der Waals surface area (Å²) in [5.41, 5.74) is 1.03. The van der Waals surface area contributed by atoms with E-state index in [1.807, 2.05) is 24.3 Å². The Balaban J connectivity index is 1.99. The minimum atomic E-state index is -3.70. The van der Waals surface area contributed by atoms with Gasteiger partial charge in [0.2, 0.25) is 10.0 Å². The standard InChI is InChI=1S/C21H20ClNO5S2/c1-27-20(24)12-29-19-11-18(16-5-3-4-6-17(16)21(19)28-2)23-30(25,26)13-14-7-9-15(22)10-8-14/h3-11,23H,12-13H2,1-2H3. The van der Waals surface area contributed by atoms with Crippen LogP contribution in [0.3, 0.4) is 0 Å². The maximum absolute atomic E-state index is 12.8. The number of anilines is 1. The molecule has 3 rings (SSSR count). The maximum atomic E-state index is 12.8. The summed E-state index contributed by atoms with van der Waals surface area (Å²) in [5, 5.41) is 1.97. The van der Waals surface area contributed by atoms with Gasteiger partial charge in [-0.15, -0.1) is 11.8 Å².